The number of non-ortho nitro benzene ring substituents is 1. The summed E-state index contributed by atoms with van der Waals surface area (Å²) in [6, 6.07) is 21.6. The molecule has 7 nitrogen and oxygen atoms in total. The number of halogens is 1. The van der Waals surface area contributed by atoms with E-state index in [1.165, 1.54) is 24.3 Å². The number of nitrogens with zero attached hydrogens (tertiary/aromatic N) is 4. The fourth-order valence-electron chi connectivity index (χ4n) is 4.14. The van der Waals surface area contributed by atoms with Gasteiger partial charge in [0.2, 0.25) is 0 Å². The van der Waals surface area contributed by atoms with Crippen molar-refractivity contribution in [1.29, 1.82) is 0 Å². The number of nitro groups is 1. The van der Waals surface area contributed by atoms with Crippen LogP contribution in [0.4, 0.5) is 15.8 Å². The molecule has 1 fully saturated rings. The lowest BCUT2D eigenvalue weighted by molar-refractivity contribution is -0.384. The highest BCUT2D eigenvalue weighted by Crippen LogP contribution is 2.42. The van der Waals surface area contributed by atoms with Gasteiger partial charge in [0.1, 0.15) is 11.9 Å². The van der Waals surface area contributed by atoms with Crippen LogP contribution >= 0.6 is 12.2 Å². The highest BCUT2D eigenvalue weighted by Gasteiger charge is 2.42. The Morgan fingerprint density at radius 1 is 0.970 bits per heavy atom. The molecule has 33 heavy (non-hydrogen) atoms. The first-order valence-electron chi connectivity index (χ1n) is 10.2. The summed E-state index contributed by atoms with van der Waals surface area (Å²) in [5.41, 5.74) is 3.25. The third-order valence-electron chi connectivity index (χ3n) is 5.62. The van der Waals surface area contributed by atoms with Crippen LogP contribution in [-0.4, -0.2) is 19.6 Å². The van der Waals surface area contributed by atoms with Crippen molar-refractivity contribution in [3.63, 3.8) is 0 Å². The number of nitro benzene ring substituents is 1. The molecule has 1 aliphatic rings. The number of benzene rings is 2. The number of nitrogens with one attached hydrogen (secondary N) is 1. The predicted octanol–water partition coefficient (Wildman–Crippen LogP) is 5.10. The summed E-state index contributed by atoms with van der Waals surface area (Å²) in [6.07, 6.45) is 3.63. The quantitative estimate of drug-likeness (QED) is 0.254. The summed E-state index contributed by atoms with van der Waals surface area (Å²) < 4.78 is 15.6. The van der Waals surface area contributed by atoms with E-state index in [0.717, 1.165) is 22.8 Å². The van der Waals surface area contributed by atoms with Crippen LogP contribution in [0.5, 0.6) is 0 Å². The van der Waals surface area contributed by atoms with Gasteiger partial charge < -0.3 is 14.8 Å². The average molecular weight is 460 g/mol. The fourth-order valence-corrected chi connectivity index (χ4v) is 4.49. The Hall–Kier alpha value is -4.11. The number of pyridine rings is 1. The molecule has 9 heteroatoms. The molecule has 2 aromatic heterocycles. The summed E-state index contributed by atoms with van der Waals surface area (Å²) in [5, 5.41) is 14.9. The first kappa shape index (κ1) is 20.8. The van der Waals surface area contributed by atoms with Crippen molar-refractivity contribution in [2.75, 3.05) is 4.90 Å². The highest BCUT2D eigenvalue weighted by molar-refractivity contribution is 7.80. The van der Waals surface area contributed by atoms with Crippen molar-refractivity contribution in [3.8, 4) is 5.69 Å². The number of rotatable bonds is 5. The largest absolute Gasteiger partial charge is 0.351 e. The van der Waals surface area contributed by atoms with E-state index in [2.05, 4.69) is 10.3 Å². The number of hydrogen-bond acceptors (Lipinski definition) is 4. The van der Waals surface area contributed by atoms with Crippen LogP contribution < -0.4 is 10.2 Å². The maximum atomic E-state index is 13.6. The van der Waals surface area contributed by atoms with Gasteiger partial charge >= 0.3 is 0 Å². The molecular formula is C24H18FN5O2S. The van der Waals surface area contributed by atoms with Crippen molar-refractivity contribution in [1.82, 2.24) is 14.9 Å². The normalized spacial score (nSPS) is 17.7. The van der Waals surface area contributed by atoms with E-state index in [4.69, 9.17) is 12.2 Å². The van der Waals surface area contributed by atoms with E-state index in [9.17, 15) is 14.5 Å². The molecule has 3 heterocycles. The molecule has 0 unspecified atom stereocenters. The zero-order chi connectivity index (χ0) is 22.9. The van der Waals surface area contributed by atoms with Gasteiger partial charge in [0.05, 0.1) is 16.7 Å². The van der Waals surface area contributed by atoms with Gasteiger partial charge in [-0.3, -0.25) is 15.1 Å². The molecule has 0 aliphatic carbocycles. The van der Waals surface area contributed by atoms with Crippen LogP contribution in [0.1, 0.15) is 23.5 Å². The van der Waals surface area contributed by atoms with Crippen LogP contribution in [0.25, 0.3) is 5.69 Å². The average Bonchev–Trinajstić information content (AvgIpc) is 3.44. The Balaban J connectivity index is 1.63. The second kappa shape index (κ2) is 8.44. The van der Waals surface area contributed by atoms with Crippen molar-refractivity contribution in [3.05, 3.63) is 119 Å². The van der Waals surface area contributed by atoms with Crippen LogP contribution in [0.2, 0.25) is 0 Å². The van der Waals surface area contributed by atoms with E-state index in [-0.39, 0.29) is 23.6 Å². The zero-order valence-electron chi connectivity index (χ0n) is 17.2. The molecule has 5 rings (SSSR count). The minimum Gasteiger partial charge on any atom is -0.351 e. The molecule has 0 radical (unpaired) electrons. The predicted molar refractivity (Wildman–Crippen MR) is 127 cm³/mol. The first-order chi connectivity index (χ1) is 16.0. The topological polar surface area (TPSA) is 76.2 Å². The summed E-state index contributed by atoms with van der Waals surface area (Å²) >= 11 is 5.70. The summed E-state index contributed by atoms with van der Waals surface area (Å²) in [4.78, 5) is 17.1. The molecule has 2 atom stereocenters. The standard InChI is InChI=1S/C24H18FN5O2S/c25-16-6-8-18(9-7-16)29-23(22(27-24(29)33)20-4-1-2-14-26-20)21-5-3-15-28(21)17-10-12-19(13-11-17)30(31)32/h1-15,22-23H,(H,27,33)/t22-,23-/m1/s1. The molecule has 0 amide bonds. The summed E-state index contributed by atoms with van der Waals surface area (Å²) in [7, 11) is 0. The Labute approximate surface area is 194 Å². The van der Waals surface area contributed by atoms with E-state index < -0.39 is 4.92 Å². The SMILES string of the molecule is O=[N+]([O-])c1ccc(-n2cccc2[C@@H]2[C@@H](c3ccccn3)NC(=S)N2c2ccc(F)cc2)cc1. The van der Waals surface area contributed by atoms with Crippen molar-refractivity contribution < 1.29 is 9.31 Å². The molecule has 0 spiro atoms. The Bertz CT molecular complexity index is 1310. The number of hydrogen-bond donors (Lipinski definition) is 1. The lowest BCUT2D eigenvalue weighted by Gasteiger charge is -2.29. The lowest BCUT2D eigenvalue weighted by Crippen LogP contribution is -2.30. The van der Waals surface area contributed by atoms with E-state index in [0.29, 0.717) is 5.11 Å². The fraction of sp³-hybridized carbons (Fsp3) is 0.0833. The van der Waals surface area contributed by atoms with Crippen LogP contribution in [0.15, 0.2) is 91.3 Å². The minimum atomic E-state index is -0.424. The van der Waals surface area contributed by atoms with Crippen molar-refractivity contribution >= 4 is 28.7 Å². The van der Waals surface area contributed by atoms with E-state index in [1.54, 1.807) is 30.5 Å². The minimum absolute atomic E-state index is 0.0236. The smallest absolute Gasteiger partial charge is 0.269 e. The van der Waals surface area contributed by atoms with Gasteiger partial charge in [-0.1, -0.05) is 6.07 Å². The van der Waals surface area contributed by atoms with Crippen molar-refractivity contribution in [2.24, 2.45) is 0 Å². The van der Waals surface area contributed by atoms with Gasteiger partial charge in [0.15, 0.2) is 5.11 Å². The third kappa shape index (κ3) is 3.83. The number of aromatic nitrogens is 2. The molecule has 2 aromatic carbocycles. The summed E-state index contributed by atoms with van der Waals surface area (Å²) in [6.45, 7) is 0. The van der Waals surface area contributed by atoms with Crippen LogP contribution in [0.3, 0.4) is 0 Å². The molecule has 0 saturated carbocycles. The van der Waals surface area contributed by atoms with Gasteiger partial charge in [-0.05, 0) is 72.9 Å². The van der Waals surface area contributed by atoms with E-state index in [1.807, 2.05) is 46.0 Å². The van der Waals surface area contributed by atoms with Gasteiger partial charge in [0, 0.05) is 41.6 Å². The van der Waals surface area contributed by atoms with Gasteiger partial charge in [-0.15, -0.1) is 0 Å². The Morgan fingerprint density at radius 3 is 2.36 bits per heavy atom. The molecular weight excluding hydrogens is 441 g/mol. The highest BCUT2D eigenvalue weighted by atomic mass is 32.1. The van der Waals surface area contributed by atoms with Gasteiger partial charge in [-0.25, -0.2) is 4.39 Å². The molecule has 4 aromatic rings. The molecule has 1 aliphatic heterocycles. The first-order valence-corrected chi connectivity index (χ1v) is 10.6. The molecule has 164 valence electrons. The van der Waals surface area contributed by atoms with Crippen LogP contribution in [0, 0.1) is 15.9 Å². The lowest BCUT2D eigenvalue weighted by atomic mass is 10.0. The zero-order valence-corrected chi connectivity index (χ0v) is 18.0. The monoisotopic (exact) mass is 459 g/mol. The van der Waals surface area contributed by atoms with Gasteiger partial charge in [-0.2, -0.15) is 0 Å². The van der Waals surface area contributed by atoms with E-state index >= 15 is 0 Å². The van der Waals surface area contributed by atoms with Crippen LogP contribution in [-0.2, 0) is 0 Å². The molecule has 1 N–H and O–H groups in total. The molecule has 0 bridgehead atoms. The second-order valence-corrected chi connectivity index (χ2v) is 7.94. The number of thiocarbonyl (C=S) groups is 1. The second-order valence-electron chi connectivity index (χ2n) is 7.55. The maximum Gasteiger partial charge on any atom is 0.269 e. The molecule has 1 saturated heterocycles. The Kier molecular flexibility index (Phi) is 5.31. The third-order valence-corrected chi connectivity index (χ3v) is 5.94. The van der Waals surface area contributed by atoms with Crippen molar-refractivity contribution in [2.45, 2.75) is 12.1 Å². The van der Waals surface area contributed by atoms with Gasteiger partial charge in [0.25, 0.3) is 5.69 Å². The Morgan fingerprint density at radius 2 is 1.70 bits per heavy atom. The summed E-state index contributed by atoms with van der Waals surface area (Å²) in [5.74, 6) is -0.330. The number of anilines is 1. The maximum absolute atomic E-state index is 13.6.